The summed E-state index contributed by atoms with van der Waals surface area (Å²) in [7, 11) is 0.512. The first-order valence-electron chi connectivity index (χ1n) is 10.3. The van der Waals surface area contributed by atoms with Gasteiger partial charge in [0.05, 0.1) is 30.9 Å². The molecule has 2 aromatic heterocycles. The van der Waals surface area contributed by atoms with Crippen LogP contribution in [0.5, 0.6) is 0 Å². The van der Waals surface area contributed by atoms with Crippen molar-refractivity contribution in [2.45, 2.75) is 36.7 Å². The van der Waals surface area contributed by atoms with Crippen molar-refractivity contribution in [3.8, 4) is 0 Å². The molecule has 0 saturated carbocycles. The Morgan fingerprint density at radius 2 is 1.88 bits per heavy atom. The third-order valence-electron chi connectivity index (χ3n) is 5.40. The number of halogens is 1. The Hall–Kier alpha value is -1.90. The number of sulfonamides is 1. The molecule has 1 N–H and O–H groups in total. The van der Waals surface area contributed by atoms with E-state index in [2.05, 4.69) is 24.9 Å². The van der Waals surface area contributed by atoms with Gasteiger partial charge in [-0.3, -0.25) is 9.29 Å². The minimum atomic E-state index is -4.00. The molecule has 33 heavy (non-hydrogen) atoms. The fourth-order valence-electron chi connectivity index (χ4n) is 3.69. The highest BCUT2D eigenvalue weighted by molar-refractivity contribution is 7.93. The standard InChI is InChI=1S/C19H29ClN6O6S/c1-12(16(31-4)17-21-7-14(20)8-22-17)33(27,28)25-19-24-23-18(13-5-6-32-9-13)26(19)15(10-29-2)11-30-3/h7-8,12-13,15-16H,5-6,9-11H2,1-4H3,(H,24,25)/t12-,13-,16-/m0/s1. The van der Waals surface area contributed by atoms with Gasteiger partial charge in [0.2, 0.25) is 16.0 Å². The average molecular weight is 505 g/mol. The van der Waals surface area contributed by atoms with Gasteiger partial charge in [-0.05, 0) is 13.3 Å². The third-order valence-corrected chi connectivity index (χ3v) is 7.29. The van der Waals surface area contributed by atoms with E-state index in [-0.39, 0.29) is 36.9 Å². The second kappa shape index (κ2) is 11.5. The molecule has 1 aliphatic heterocycles. The van der Waals surface area contributed by atoms with Gasteiger partial charge in [-0.15, -0.1) is 10.2 Å². The predicted octanol–water partition coefficient (Wildman–Crippen LogP) is 1.58. The predicted molar refractivity (Wildman–Crippen MR) is 120 cm³/mol. The minimum Gasteiger partial charge on any atom is -0.382 e. The van der Waals surface area contributed by atoms with Crippen LogP contribution in [0.4, 0.5) is 5.95 Å². The Bertz CT molecular complexity index is 993. The summed E-state index contributed by atoms with van der Waals surface area (Å²) in [6.07, 6.45) is 2.59. The van der Waals surface area contributed by atoms with E-state index in [0.717, 1.165) is 6.42 Å². The first-order chi connectivity index (χ1) is 15.8. The highest BCUT2D eigenvalue weighted by atomic mass is 35.5. The Balaban J connectivity index is 1.93. The molecule has 0 bridgehead atoms. The lowest BCUT2D eigenvalue weighted by molar-refractivity contribution is 0.0880. The molecule has 1 fully saturated rings. The molecular weight excluding hydrogens is 476 g/mol. The maximum atomic E-state index is 13.3. The van der Waals surface area contributed by atoms with Gasteiger partial charge >= 0.3 is 0 Å². The second-order valence-corrected chi connectivity index (χ2v) is 10.1. The zero-order valence-corrected chi connectivity index (χ0v) is 20.5. The lowest BCUT2D eigenvalue weighted by Gasteiger charge is -2.25. The van der Waals surface area contributed by atoms with Gasteiger partial charge in [0, 0.05) is 46.2 Å². The molecule has 184 valence electrons. The molecule has 3 rings (SSSR count). The van der Waals surface area contributed by atoms with Crippen molar-refractivity contribution in [2.75, 3.05) is 52.5 Å². The lowest BCUT2D eigenvalue weighted by atomic mass is 10.1. The third kappa shape index (κ3) is 5.97. The average Bonchev–Trinajstić information content (AvgIpc) is 3.45. The SMILES string of the molecule is COCC(COC)n1c(NS(=O)(=O)[C@@H](C)[C@H](OC)c2ncc(Cl)cn2)nnc1[C@H]1CCOC1. The summed E-state index contributed by atoms with van der Waals surface area (Å²) in [5.41, 5.74) is 0. The molecule has 0 spiro atoms. The van der Waals surface area contributed by atoms with E-state index < -0.39 is 21.4 Å². The van der Waals surface area contributed by atoms with Crippen LogP contribution in [0.3, 0.4) is 0 Å². The number of methoxy groups -OCH3 is 3. The Kier molecular flexibility index (Phi) is 8.95. The fraction of sp³-hybridized carbons (Fsp3) is 0.684. The van der Waals surface area contributed by atoms with Crippen LogP contribution >= 0.6 is 11.6 Å². The number of hydrogen-bond donors (Lipinski definition) is 1. The zero-order chi connectivity index (χ0) is 24.0. The van der Waals surface area contributed by atoms with Gasteiger partial charge in [-0.2, -0.15) is 0 Å². The van der Waals surface area contributed by atoms with Crippen LogP contribution < -0.4 is 4.72 Å². The van der Waals surface area contributed by atoms with Gasteiger partial charge in [-0.25, -0.2) is 18.4 Å². The van der Waals surface area contributed by atoms with Gasteiger partial charge < -0.3 is 18.9 Å². The van der Waals surface area contributed by atoms with E-state index in [0.29, 0.717) is 24.1 Å². The topological polar surface area (TPSA) is 140 Å². The van der Waals surface area contributed by atoms with Crippen LogP contribution in [0.25, 0.3) is 0 Å². The summed E-state index contributed by atoms with van der Waals surface area (Å²) in [6, 6.07) is -0.351. The maximum absolute atomic E-state index is 13.3. The quantitative estimate of drug-likeness (QED) is 0.453. The molecule has 0 aromatic carbocycles. The van der Waals surface area contributed by atoms with Crippen molar-refractivity contribution >= 4 is 27.6 Å². The highest BCUT2D eigenvalue weighted by Crippen LogP contribution is 2.30. The van der Waals surface area contributed by atoms with Crippen molar-refractivity contribution in [1.29, 1.82) is 0 Å². The normalized spacial score (nSPS) is 18.5. The summed E-state index contributed by atoms with van der Waals surface area (Å²) in [4.78, 5) is 8.20. The van der Waals surface area contributed by atoms with E-state index in [9.17, 15) is 8.42 Å². The van der Waals surface area contributed by atoms with Crippen LogP contribution in [0.2, 0.25) is 5.02 Å². The van der Waals surface area contributed by atoms with E-state index >= 15 is 0 Å². The van der Waals surface area contributed by atoms with E-state index in [1.54, 1.807) is 18.8 Å². The van der Waals surface area contributed by atoms with Crippen LogP contribution in [0, 0.1) is 0 Å². The molecular formula is C19H29ClN6O6S. The smallest absolute Gasteiger partial charge is 0.240 e. The summed E-state index contributed by atoms with van der Waals surface area (Å²) >= 11 is 5.85. The first-order valence-corrected chi connectivity index (χ1v) is 12.3. The molecule has 0 unspecified atom stereocenters. The van der Waals surface area contributed by atoms with Crippen molar-refractivity contribution < 1.29 is 27.4 Å². The number of anilines is 1. The summed E-state index contributed by atoms with van der Waals surface area (Å²) < 4.78 is 52.5. The molecule has 14 heteroatoms. The molecule has 2 aromatic rings. The van der Waals surface area contributed by atoms with Crippen LogP contribution in [0.1, 0.15) is 43.1 Å². The number of nitrogens with one attached hydrogen (secondary N) is 1. The van der Waals surface area contributed by atoms with E-state index in [4.69, 9.17) is 30.5 Å². The first kappa shape index (κ1) is 25.7. The molecule has 0 radical (unpaired) electrons. The van der Waals surface area contributed by atoms with Crippen molar-refractivity contribution in [3.63, 3.8) is 0 Å². The number of nitrogens with zero attached hydrogens (tertiary/aromatic N) is 5. The fourth-order valence-corrected chi connectivity index (χ4v) is 4.93. The Labute approximate surface area is 198 Å². The van der Waals surface area contributed by atoms with Crippen molar-refractivity contribution in [2.24, 2.45) is 0 Å². The summed E-state index contributed by atoms with van der Waals surface area (Å²) in [6.45, 7) is 3.13. The van der Waals surface area contributed by atoms with Crippen molar-refractivity contribution in [3.05, 3.63) is 29.1 Å². The number of hydrogen-bond acceptors (Lipinski definition) is 10. The lowest BCUT2D eigenvalue weighted by Crippen LogP contribution is -2.34. The number of rotatable bonds is 12. The van der Waals surface area contributed by atoms with E-state index in [1.165, 1.54) is 26.4 Å². The minimum absolute atomic E-state index is 0.0152. The largest absolute Gasteiger partial charge is 0.382 e. The molecule has 1 saturated heterocycles. The van der Waals surface area contributed by atoms with Gasteiger partial charge in [0.1, 0.15) is 17.2 Å². The van der Waals surface area contributed by atoms with Crippen LogP contribution in [0.15, 0.2) is 12.4 Å². The summed E-state index contributed by atoms with van der Waals surface area (Å²) in [5, 5.41) is 7.71. The molecule has 12 nitrogen and oxygen atoms in total. The molecule has 3 atom stereocenters. The number of ether oxygens (including phenoxy) is 4. The molecule has 0 amide bonds. The van der Waals surface area contributed by atoms with Crippen LogP contribution in [-0.2, 0) is 29.0 Å². The van der Waals surface area contributed by atoms with Crippen molar-refractivity contribution in [1.82, 2.24) is 24.7 Å². The number of aromatic nitrogens is 5. The Morgan fingerprint density at radius 3 is 2.42 bits per heavy atom. The zero-order valence-electron chi connectivity index (χ0n) is 19.0. The highest BCUT2D eigenvalue weighted by Gasteiger charge is 2.36. The molecule has 1 aliphatic rings. The van der Waals surface area contributed by atoms with E-state index in [1.807, 2.05) is 0 Å². The van der Waals surface area contributed by atoms with Crippen LogP contribution in [-0.4, -0.2) is 86.2 Å². The molecule has 0 aliphatic carbocycles. The molecule has 3 heterocycles. The van der Waals surface area contributed by atoms with Gasteiger partial charge in [-0.1, -0.05) is 11.6 Å². The monoisotopic (exact) mass is 504 g/mol. The van der Waals surface area contributed by atoms with Gasteiger partial charge in [0.15, 0.2) is 5.82 Å². The van der Waals surface area contributed by atoms with Gasteiger partial charge in [0.25, 0.3) is 0 Å². The Morgan fingerprint density at radius 1 is 1.21 bits per heavy atom. The second-order valence-electron chi connectivity index (χ2n) is 7.64. The summed E-state index contributed by atoms with van der Waals surface area (Å²) in [5.74, 6) is 0.858. The maximum Gasteiger partial charge on any atom is 0.240 e.